The zero-order valence-corrected chi connectivity index (χ0v) is 11.1. The van der Waals surface area contributed by atoms with Crippen LogP contribution in [-0.4, -0.2) is 17.8 Å². The summed E-state index contributed by atoms with van der Waals surface area (Å²) in [6.45, 7) is 4.36. The molecule has 1 aromatic carbocycles. The van der Waals surface area contributed by atoms with Crippen molar-refractivity contribution in [2.75, 3.05) is 12.0 Å². The monoisotopic (exact) mass is 236 g/mol. The number of Topliss-reactive ketones (excluding diaryl/α,β-unsaturated/α-hetero) is 1. The van der Waals surface area contributed by atoms with Crippen molar-refractivity contribution in [2.24, 2.45) is 0 Å². The first-order valence-electron chi connectivity index (χ1n) is 5.73. The fourth-order valence-corrected chi connectivity index (χ4v) is 1.98. The molecule has 0 amide bonds. The Balaban J connectivity index is 2.51. The molecule has 1 nitrogen and oxygen atoms in total. The van der Waals surface area contributed by atoms with E-state index >= 15 is 0 Å². The smallest absolute Gasteiger partial charge is 0.138 e. The zero-order valence-electron chi connectivity index (χ0n) is 10.3. The molecule has 0 aliphatic carbocycles. The van der Waals surface area contributed by atoms with Crippen molar-refractivity contribution < 1.29 is 4.79 Å². The summed E-state index contributed by atoms with van der Waals surface area (Å²) >= 11 is 1.73. The molecule has 0 aliphatic heterocycles. The Morgan fingerprint density at radius 1 is 1.25 bits per heavy atom. The average Bonchev–Trinajstić information content (AvgIpc) is 2.27. The van der Waals surface area contributed by atoms with Crippen LogP contribution in [0.25, 0.3) is 0 Å². The Hall–Kier alpha value is -0.760. The molecule has 0 N–H and O–H groups in total. The maximum absolute atomic E-state index is 11.6. The molecule has 2 heteroatoms. The van der Waals surface area contributed by atoms with Crippen LogP contribution in [0.1, 0.15) is 37.3 Å². The van der Waals surface area contributed by atoms with E-state index in [9.17, 15) is 4.79 Å². The van der Waals surface area contributed by atoms with Gasteiger partial charge in [0.2, 0.25) is 0 Å². The average molecular weight is 236 g/mol. The van der Waals surface area contributed by atoms with Crippen molar-refractivity contribution in [3.05, 3.63) is 35.4 Å². The number of carbonyl (C=O) groups is 1. The Labute approximate surface area is 103 Å². The summed E-state index contributed by atoms with van der Waals surface area (Å²) in [6.07, 6.45) is 3.30. The summed E-state index contributed by atoms with van der Waals surface area (Å²) in [5, 5.41) is 0. The van der Waals surface area contributed by atoms with Gasteiger partial charge in [-0.25, -0.2) is 0 Å². The highest BCUT2D eigenvalue weighted by Crippen LogP contribution is 2.15. The molecule has 0 saturated carbocycles. The van der Waals surface area contributed by atoms with E-state index in [0.717, 1.165) is 11.3 Å². The second-order valence-corrected chi connectivity index (χ2v) is 5.34. The molecule has 88 valence electrons. The van der Waals surface area contributed by atoms with Crippen molar-refractivity contribution in [3.8, 4) is 0 Å². The molecular formula is C14H20OS. The van der Waals surface area contributed by atoms with E-state index in [0.29, 0.717) is 24.5 Å². The summed E-state index contributed by atoms with van der Waals surface area (Å²) in [5.74, 6) is 1.83. The second kappa shape index (κ2) is 6.74. The van der Waals surface area contributed by atoms with Gasteiger partial charge in [0.15, 0.2) is 0 Å². The second-order valence-electron chi connectivity index (χ2n) is 4.35. The first-order chi connectivity index (χ1) is 7.63. The van der Waals surface area contributed by atoms with Gasteiger partial charge >= 0.3 is 0 Å². The topological polar surface area (TPSA) is 17.1 Å². The van der Waals surface area contributed by atoms with Gasteiger partial charge in [0.25, 0.3) is 0 Å². The Bertz CT molecular complexity index is 327. The highest BCUT2D eigenvalue weighted by Gasteiger charge is 2.04. The minimum Gasteiger partial charge on any atom is -0.299 e. The van der Waals surface area contributed by atoms with Crippen molar-refractivity contribution in [1.29, 1.82) is 0 Å². The highest BCUT2D eigenvalue weighted by molar-refractivity contribution is 7.98. The van der Waals surface area contributed by atoms with Gasteiger partial charge in [0.05, 0.1) is 0 Å². The van der Waals surface area contributed by atoms with Gasteiger partial charge in [0, 0.05) is 12.8 Å². The van der Waals surface area contributed by atoms with E-state index in [1.165, 1.54) is 5.56 Å². The standard InChI is InChI=1S/C14H20OS/c1-11(2)13-6-4-12(5-7-13)10-14(15)8-9-16-3/h4-7,11H,8-10H2,1-3H3. The van der Waals surface area contributed by atoms with Crippen LogP contribution in [-0.2, 0) is 11.2 Å². The summed E-state index contributed by atoms with van der Waals surface area (Å²) in [6, 6.07) is 8.41. The normalized spacial score (nSPS) is 10.8. The van der Waals surface area contributed by atoms with Crippen LogP contribution in [0.15, 0.2) is 24.3 Å². The van der Waals surface area contributed by atoms with Crippen LogP contribution in [0.2, 0.25) is 0 Å². The van der Waals surface area contributed by atoms with E-state index in [1.54, 1.807) is 11.8 Å². The molecule has 0 spiro atoms. The quantitative estimate of drug-likeness (QED) is 0.749. The maximum Gasteiger partial charge on any atom is 0.138 e. The Kier molecular flexibility index (Phi) is 5.61. The fraction of sp³-hybridized carbons (Fsp3) is 0.500. The first kappa shape index (κ1) is 13.3. The molecule has 0 fully saturated rings. The molecule has 0 atom stereocenters. The van der Waals surface area contributed by atoms with E-state index in [1.807, 2.05) is 6.26 Å². The van der Waals surface area contributed by atoms with Crippen LogP contribution in [0.4, 0.5) is 0 Å². The van der Waals surface area contributed by atoms with Crippen molar-refractivity contribution in [3.63, 3.8) is 0 Å². The molecule has 0 aromatic heterocycles. The number of hydrogen-bond donors (Lipinski definition) is 0. The first-order valence-corrected chi connectivity index (χ1v) is 7.12. The van der Waals surface area contributed by atoms with Crippen LogP contribution in [0, 0.1) is 0 Å². The van der Waals surface area contributed by atoms with Crippen molar-refractivity contribution >= 4 is 17.5 Å². The van der Waals surface area contributed by atoms with E-state index in [-0.39, 0.29) is 0 Å². The minimum absolute atomic E-state index is 0.339. The third-order valence-electron chi connectivity index (χ3n) is 2.63. The minimum atomic E-state index is 0.339. The van der Waals surface area contributed by atoms with E-state index in [2.05, 4.69) is 38.1 Å². The molecule has 0 saturated heterocycles. The molecule has 16 heavy (non-hydrogen) atoms. The molecule has 0 bridgehead atoms. The van der Waals surface area contributed by atoms with Crippen molar-refractivity contribution in [1.82, 2.24) is 0 Å². The lowest BCUT2D eigenvalue weighted by Gasteiger charge is -2.06. The van der Waals surface area contributed by atoms with Crippen LogP contribution in [0.5, 0.6) is 0 Å². The predicted molar refractivity (Wildman–Crippen MR) is 72.2 cm³/mol. The van der Waals surface area contributed by atoms with Crippen LogP contribution < -0.4 is 0 Å². The van der Waals surface area contributed by atoms with Gasteiger partial charge in [0.1, 0.15) is 5.78 Å². The molecule has 1 rings (SSSR count). The molecular weight excluding hydrogens is 216 g/mol. The largest absolute Gasteiger partial charge is 0.299 e. The lowest BCUT2D eigenvalue weighted by molar-refractivity contribution is -0.118. The molecule has 0 unspecified atom stereocenters. The number of carbonyl (C=O) groups excluding carboxylic acids is 1. The number of hydrogen-bond acceptors (Lipinski definition) is 2. The van der Waals surface area contributed by atoms with Gasteiger partial charge in [-0.2, -0.15) is 11.8 Å². The lowest BCUT2D eigenvalue weighted by Crippen LogP contribution is -2.03. The summed E-state index contributed by atoms with van der Waals surface area (Å²) in [7, 11) is 0. The molecule has 0 radical (unpaired) electrons. The van der Waals surface area contributed by atoms with Crippen molar-refractivity contribution in [2.45, 2.75) is 32.6 Å². The number of benzene rings is 1. The third kappa shape index (κ3) is 4.40. The zero-order chi connectivity index (χ0) is 12.0. The Morgan fingerprint density at radius 3 is 2.38 bits per heavy atom. The molecule has 0 aliphatic rings. The lowest BCUT2D eigenvalue weighted by atomic mass is 10.00. The maximum atomic E-state index is 11.6. The van der Waals surface area contributed by atoms with Crippen LogP contribution >= 0.6 is 11.8 Å². The van der Waals surface area contributed by atoms with Gasteiger partial charge < -0.3 is 0 Å². The summed E-state index contributed by atoms with van der Waals surface area (Å²) < 4.78 is 0. The highest BCUT2D eigenvalue weighted by atomic mass is 32.2. The predicted octanol–water partition coefficient (Wildman–Crippen LogP) is 3.67. The summed E-state index contributed by atoms with van der Waals surface area (Å²) in [4.78, 5) is 11.6. The van der Waals surface area contributed by atoms with Gasteiger partial charge in [-0.15, -0.1) is 0 Å². The number of rotatable bonds is 6. The molecule has 0 heterocycles. The number of ketones is 1. The van der Waals surface area contributed by atoms with Gasteiger partial charge in [-0.3, -0.25) is 4.79 Å². The number of thioether (sulfide) groups is 1. The van der Waals surface area contributed by atoms with Crippen LogP contribution in [0.3, 0.4) is 0 Å². The van der Waals surface area contributed by atoms with Gasteiger partial charge in [-0.05, 0) is 29.1 Å². The molecule has 1 aromatic rings. The Morgan fingerprint density at radius 2 is 1.88 bits per heavy atom. The van der Waals surface area contributed by atoms with E-state index < -0.39 is 0 Å². The fourth-order valence-electron chi connectivity index (χ4n) is 1.55. The van der Waals surface area contributed by atoms with E-state index in [4.69, 9.17) is 0 Å². The third-order valence-corrected chi connectivity index (χ3v) is 3.25. The summed E-state index contributed by atoms with van der Waals surface area (Å²) in [5.41, 5.74) is 2.47. The SMILES string of the molecule is CSCCC(=O)Cc1ccc(C(C)C)cc1. The van der Waals surface area contributed by atoms with Gasteiger partial charge in [-0.1, -0.05) is 38.1 Å².